The van der Waals surface area contributed by atoms with Gasteiger partial charge in [-0.05, 0) is 48.8 Å². The van der Waals surface area contributed by atoms with Crippen molar-refractivity contribution < 1.29 is 19.1 Å². The SMILES string of the molecule is CC(C)(C)OC(=O)N1CC(O)C(Cc2ccc(Br)o2)C1. The molecule has 0 aromatic carbocycles. The highest BCUT2D eigenvalue weighted by atomic mass is 79.9. The average Bonchev–Trinajstić information content (AvgIpc) is 2.85. The zero-order valence-corrected chi connectivity index (χ0v) is 13.5. The number of halogens is 1. The first-order chi connectivity index (χ1) is 9.24. The summed E-state index contributed by atoms with van der Waals surface area (Å²) < 4.78 is 11.4. The van der Waals surface area contributed by atoms with Crippen LogP contribution in [0.4, 0.5) is 4.79 Å². The van der Waals surface area contributed by atoms with Gasteiger partial charge in [-0.25, -0.2) is 4.79 Å². The van der Waals surface area contributed by atoms with Crippen LogP contribution in [0.25, 0.3) is 0 Å². The molecule has 1 aliphatic rings. The van der Waals surface area contributed by atoms with E-state index < -0.39 is 11.7 Å². The van der Waals surface area contributed by atoms with E-state index in [1.165, 1.54) is 0 Å². The molecule has 2 rings (SSSR count). The van der Waals surface area contributed by atoms with Crippen molar-refractivity contribution >= 4 is 22.0 Å². The first kappa shape index (κ1) is 15.4. The summed E-state index contributed by atoms with van der Waals surface area (Å²) in [5.41, 5.74) is -0.522. The monoisotopic (exact) mass is 345 g/mol. The largest absolute Gasteiger partial charge is 0.454 e. The van der Waals surface area contributed by atoms with Crippen molar-refractivity contribution in [1.29, 1.82) is 0 Å². The van der Waals surface area contributed by atoms with E-state index in [1.54, 1.807) is 4.90 Å². The van der Waals surface area contributed by atoms with E-state index in [4.69, 9.17) is 9.15 Å². The lowest BCUT2D eigenvalue weighted by molar-refractivity contribution is 0.0269. The molecule has 20 heavy (non-hydrogen) atoms. The van der Waals surface area contributed by atoms with Gasteiger partial charge in [0.15, 0.2) is 4.67 Å². The van der Waals surface area contributed by atoms with Gasteiger partial charge in [0.05, 0.1) is 12.6 Å². The molecule has 1 aromatic rings. The first-order valence-electron chi connectivity index (χ1n) is 6.65. The van der Waals surface area contributed by atoms with Crippen LogP contribution in [0.3, 0.4) is 0 Å². The number of aliphatic hydroxyl groups excluding tert-OH is 1. The third-order valence-electron chi connectivity index (χ3n) is 3.15. The van der Waals surface area contributed by atoms with Gasteiger partial charge in [-0.15, -0.1) is 0 Å². The van der Waals surface area contributed by atoms with Gasteiger partial charge < -0.3 is 19.2 Å². The standard InChI is InChI=1S/C14H20BrNO4/c1-14(2,3)20-13(18)16-7-9(11(17)8-16)6-10-4-5-12(15)19-10/h4-5,9,11,17H,6-8H2,1-3H3. The minimum absolute atomic E-state index is 0.0273. The molecule has 0 radical (unpaired) electrons. The van der Waals surface area contributed by atoms with Gasteiger partial charge in [-0.3, -0.25) is 0 Å². The third kappa shape index (κ3) is 3.99. The Kier molecular flexibility index (Phi) is 4.44. The van der Waals surface area contributed by atoms with Crippen LogP contribution in [0.5, 0.6) is 0 Å². The topological polar surface area (TPSA) is 62.9 Å². The average molecular weight is 346 g/mol. The van der Waals surface area contributed by atoms with E-state index in [-0.39, 0.29) is 12.0 Å². The molecular weight excluding hydrogens is 326 g/mol. The number of aliphatic hydroxyl groups is 1. The highest BCUT2D eigenvalue weighted by Gasteiger charge is 2.36. The second-order valence-electron chi connectivity index (χ2n) is 6.12. The molecular formula is C14H20BrNO4. The van der Waals surface area contributed by atoms with Gasteiger partial charge in [0.2, 0.25) is 0 Å². The maximum Gasteiger partial charge on any atom is 0.410 e. The molecule has 2 atom stereocenters. The quantitative estimate of drug-likeness (QED) is 0.895. The van der Waals surface area contributed by atoms with Crippen molar-refractivity contribution in [1.82, 2.24) is 4.90 Å². The van der Waals surface area contributed by atoms with E-state index in [9.17, 15) is 9.90 Å². The van der Waals surface area contributed by atoms with Crippen LogP contribution in [0.2, 0.25) is 0 Å². The second kappa shape index (κ2) is 5.77. The van der Waals surface area contributed by atoms with E-state index in [1.807, 2.05) is 32.9 Å². The van der Waals surface area contributed by atoms with Crippen LogP contribution in [0.1, 0.15) is 26.5 Å². The maximum atomic E-state index is 12.0. The predicted octanol–water partition coefficient (Wildman–Crippen LogP) is 2.81. The summed E-state index contributed by atoms with van der Waals surface area (Å²) in [5.74, 6) is 0.771. The van der Waals surface area contributed by atoms with Gasteiger partial charge >= 0.3 is 6.09 Å². The number of amides is 1. The Bertz CT molecular complexity index is 480. The van der Waals surface area contributed by atoms with Crippen molar-refractivity contribution in [2.45, 2.75) is 38.9 Å². The van der Waals surface area contributed by atoms with Gasteiger partial charge in [-0.2, -0.15) is 0 Å². The number of β-amino-alcohol motifs (C(OH)–C–C–N with tert-alkyl or cyclic N) is 1. The van der Waals surface area contributed by atoms with Crippen LogP contribution in [-0.2, 0) is 11.2 Å². The highest BCUT2D eigenvalue weighted by Crippen LogP contribution is 2.25. The molecule has 1 aromatic heterocycles. The van der Waals surface area contributed by atoms with E-state index in [0.29, 0.717) is 24.2 Å². The summed E-state index contributed by atoms with van der Waals surface area (Å²) in [6, 6.07) is 3.69. The van der Waals surface area contributed by atoms with Crippen LogP contribution in [0, 0.1) is 5.92 Å². The van der Waals surface area contributed by atoms with Gasteiger partial charge in [0, 0.05) is 18.9 Å². The Morgan fingerprint density at radius 2 is 2.20 bits per heavy atom. The lowest BCUT2D eigenvalue weighted by Crippen LogP contribution is -2.35. The summed E-state index contributed by atoms with van der Waals surface area (Å²) in [5, 5.41) is 10.1. The molecule has 0 bridgehead atoms. The molecule has 2 heterocycles. The Hall–Kier alpha value is -1.01. The summed E-state index contributed by atoms with van der Waals surface area (Å²) in [6.45, 7) is 6.27. The van der Waals surface area contributed by atoms with Crippen LogP contribution in [0.15, 0.2) is 21.2 Å². The molecule has 1 N–H and O–H groups in total. The summed E-state index contributed by atoms with van der Waals surface area (Å²) in [4.78, 5) is 13.5. The van der Waals surface area contributed by atoms with E-state index in [2.05, 4.69) is 15.9 Å². The predicted molar refractivity (Wildman–Crippen MR) is 77.4 cm³/mol. The molecule has 5 nitrogen and oxygen atoms in total. The number of furan rings is 1. The lowest BCUT2D eigenvalue weighted by atomic mass is 10.0. The zero-order valence-electron chi connectivity index (χ0n) is 11.9. The zero-order chi connectivity index (χ0) is 14.9. The van der Waals surface area contributed by atoms with Gasteiger partial charge in [0.1, 0.15) is 11.4 Å². The Labute approximate surface area is 127 Å². The molecule has 0 saturated carbocycles. The molecule has 0 aliphatic carbocycles. The molecule has 112 valence electrons. The van der Waals surface area contributed by atoms with Crippen LogP contribution in [-0.4, -0.2) is 40.9 Å². The Morgan fingerprint density at radius 3 is 2.75 bits per heavy atom. The number of carbonyl (C=O) groups excluding carboxylic acids is 1. The smallest absolute Gasteiger partial charge is 0.410 e. The molecule has 6 heteroatoms. The lowest BCUT2D eigenvalue weighted by Gasteiger charge is -2.24. The number of ether oxygens (including phenoxy) is 1. The third-order valence-corrected chi connectivity index (χ3v) is 3.58. The van der Waals surface area contributed by atoms with E-state index in [0.717, 1.165) is 5.76 Å². The number of hydrogen-bond acceptors (Lipinski definition) is 4. The number of carbonyl (C=O) groups is 1. The minimum Gasteiger partial charge on any atom is -0.454 e. The number of likely N-dealkylation sites (tertiary alicyclic amines) is 1. The van der Waals surface area contributed by atoms with E-state index >= 15 is 0 Å². The van der Waals surface area contributed by atoms with Gasteiger partial charge in [-0.1, -0.05) is 0 Å². The Balaban J connectivity index is 1.93. The van der Waals surface area contributed by atoms with Crippen molar-refractivity contribution in [3.63, 3.8) is 0 Å². The molecule has 1 saturated heterocycles. The summed E-state index contributed by atoms with van der Waals surface area (Å²) in [6.07, 6.45) is -0.322. The summed E-state index contributed by atoms with van der Waals surface area (Å²) in [7, 11) is 0. The molecule has 0 spiro atoms. The minimum atomic E-state index is -0.550. The number of nitrogens with zero attached hydrogens (tertiary/aromatic N) is 1. The fraction of sp³-hybridized carbons (Fsp3) is 0.643. The highest BCUT2D eigenvalue weighted by molar-refractivity contribution is 9.10. The Morgan fingerprint density at radius 1 is 1.50 bits per heavy atom. The molecule has 1 amide bonds. The van der Waals surface area contributed by atoms with Crippen LogP contribution >= 0.6 is 15.9 Å². The normalized spacial score (nSPS) is 23.1. The molecule has 2 unspecified atom stereocenters. The van der Waals surface area contributed by atoms with Crippen molar-refractivity contribution in [3.05, 3.63) is 22.6 Å². The molecule has 1 aliphatic heterocycles. The number of hydrogen-bond donors (Lipinski definition) is 1. The van der Waals surface area contributed by atoms with Crippen molar-refractivity contribution in [3.8, 4) is 0 Å². The van der Waals surface area contributed by atoms with Crippen molar-refractivity contribution in [2.24, 2.45) is 5.92 Å². The fourth-order valence-corrected chi connectivity index (χ4v) is 2.59. The van der Waals surface area contributed by atoms with Crippen LogP contribution < -0.4 is 0 Å². The molecule has 1 fully saturated rings. The van der Waals surface area contributed by atoms with Crippen molar-refractivity contribution in [2.75, 3.05) is 13.1 Å². The van der Waals surface area contributed by atoms with Gasteiger partial charge in [0.25, 0.3) is 0 Å². The summed E-state index contributed by atoms with van der Waals surface area (Å²) >= 11 is 3.25. The fourth-order valence-electron chi connectivity index (χ4n) is 2.25. The second-order valence-corrected chi connectivity index (χ2v) is 6.90. The maximum absolute atomic E-state index is 12.0. The first-order valence-corrected chi connectivity index (χ1v) is 7.44. The number of rotatable bonds is 2.